The molecule has 2 N–H and O–H groups in total. The topological polar surface area (TPSA) is 53.8 Å². The third-order valence-corrected chi connectivity index (χ3v) is 5.05. The molecule has 1 aliphatic heterocycles. The van der Waals surface area contributed by atoms with E-state index in [0.29, 0.717) is 18.3 Å². The molecule has 0 bridgehead atoms. The van der Waals surface area contributed by atoms with E-state index < -0.39 is 0 Å². The summed E-state index contributed by atoms with van der Waals surface area (Å²) in [7, 11) is 0. The number of nitrogens with zero attached hydrogens (tertiary/aromatic N) is 1. The minimum absolute atomic E-state index is 0.00806. The molecule has 0 radical (unpaired) electrons. The van der Waals surface area contributed by atoms with Gasteiger partial charge in [-0.2, -0.15) is 0 Å². The van der Waals surface area contributed by atoms with Gasteiger partial charge in [-0.25, -0.2) is 0 Å². The monoisotopic (exact) mass is 416 g/mol. The van der Waals surface area contributed by atoms with E-state index in [0.717, 1.165) is 33.5 Å². The van der Waals surface area contributed by atoms with Crippen molar-refractivity contribution in [2.45, 2.75) is 39.4 Å². The Labute approximate surface area is 163 Å². The Bertz CT molecular complexity index is 787. The molecule has 3 rings (SSSR count). The summed E-state index contributed by atoms with van der Waals surface area (Å²) in [6.45, 7) is 6.94. The zero-order valence-corrected chi connectivity index (χ0v) is 17.0. The molecule has 138 valence electrons. The maximum Gasteiger partial charge on any atom is 0.120 e. The summed E-state index contributed by atoms with van der Waals surface area (Å²) in [5.74, 6) is 1.53. The quantitative estimate of drug-likeness (QED) is 0.715. The van der Waals surface area contributed by atoms with Crippen LogP contribution in [-0.2, 0) is 0 Å². The van der Waals surface area contributed by atoms with Crippen LogP contribution < -0.4 is 10.1 Å². The summed E-state index contributed by atoms with van der Waals surface area (Å²) in [6.07, 6.45) is 0.731. The molecule has 26 heavy (non-hydrogen) atoms. The second-order valence-electron chi connectivity index (χ2n) is 6.85. The van der Waals surface area contributed by atoms with Crippen LogP contribution in [0.1, 0.15) is 44.4 Å². The number of phenols is 1. The maximum absolute atomic E-state index is 10.3. The first-order chi connectivity index (χ1) is 12.5. The Morgan fingerprint density at radius 2 is 1.96 bits per heavy atom. The number of halogens is 1. The Balaban J connectivity index is 1.92. The molecule has 2 aromatic rings. The fourth-order valence-electron chi connectivity index (χ4n) is 3.16. The molecule has 2 aromatic carbocycles. The Kier molecular flexibility index (Phi) is 5.99. The van der Waals surface area contributed by atoms with Gasteiger partial charge in [-0.05, 0) is 60.9 Å². The second-order valence-corrected chi connectivity index (χ2v) is 7.76. The van der Waals surface area contributed by atoms with Crippen LogP contribution in [0.3, 0.4) is 0 Å². The highest BCUT2D eigenvalue weighted by Crippen LogP contribution is 2.33. The van der Waals surface area contributed by atoms with Crippen molar-refractivity contribution < 1.29 is 9.84 Å². The van der Waals surface area contributed by atoms with Gasteiger partial charge >= 0.3 is 0 Å². The Morgan fingerprint density at radius 1 is 1.23 bits per heavy atom. The summed E-state index contributed by atoms with van der Waals surface area (Å²) in [5.41, 5.74) is 3.04. The predicted molar refractivity (Wildman–Crippen MR) is 109 cm³/mol. The molecule has 1 aliphatic rings. The number of benzene rings is 2. The first-order valence-electron chi connectivity index (χ1n) is 9.02. The largest absolute Gasteiger partial charge is 0.508 e. The second kappa shape index (κ2) is 8.23. The minimum atomic E-state index is 0.00806. The van der Waals surface area contributed by atoms with E-state index in [2.05, 4.69) is 47.2 Å². The minimum Gasteiger partial charge on any atom is -0.508 e. The van der Waals surface area contributed by atoms with Crippen molar-refractivity contribution in [3.63, 3.8) is 0 Å². The van der Waals surface area contributed by atoms with E-state index >= 15 is 0 Å². The molecule has 0 aliphatic carbocycles. The molecule has 2 atom stereocenters. The third kappa shape index (κ3) is 4.27. The Morgan fingerprint density at radius 3 is 2.62 bits per heavy atom. The summed E-state index contributed by atoms with van der Waals surface area (Å²) < 4.78 is 6.49. The van der Waals surface area contributed by atoms with Gasteiger partial charge in [-0.1, -0.05) is 29.8 Å². The molecule has 5 heteroatoms. The van der Waals surface area contributed by atoms with E-state index in [-0.39, 0.29) is 12.2 Å². The van der Waals surface area contributed by atoms with Crippen molar-refractivity contribution in [1.29, 1.82) is 0 Å². The highest BCUT2D eigenvalue weighted by atomic mass is 79.9. The number of phenolic OH excluding ortho intramolecular Hbond substituents is 1. The molecular weight excluding hydrogens is 392 g/mol. The first-order valence-corrected chi connectivity index (χ1v) is 9.81. The highest BCUT2D eigenvalue weighted by molar-refractivity contribution is 9.10. The lowest BCUT2D eigenvalue weighted by molar-refractivity contribution is 0.340. The smallest absolute Gasteiger partial charge is 0.120 e. The number of hydrogen-bond donors (Lipinski definition) is 2. The average Bonchev–Trinajstić information content (AvgIpc) is 2.64. The third-order valence-electron chi connectivity index (χ3n) is 4.56. The molecule has 1 heterocycles. The van der Waals surface area contributed by atoms with E-state index in [1.54, 1.807) is 6.07 Å². The molecule has 0 amide bonds. The average molecular weight is 417 g/mol. The molecule has 2 unspecified atom stereocenters. The van der Waals surface area contributed by atoms with E-state index in [9.17, 15) is 5.11 Å². The SMILES string of the molecule is CCOc1ccc(C2=NC(C(C)C)NC(c3cc(Br)ccc3O)C2)cc1. The van der Waals surface area contributed by atoms with E-state index in [1.165, 1.54) is 0 Å². The summed E-state index contributed by atoms with van der Waals surface area (Å²) >= 11 is 3.51. The molecule has 0 saturated carbocycles. The van der Waals surface area contributed by atoms with Crippen LogP contribution in [0, 0.1) is 5.92 Å². The summed E-state index contributed by atoms with van der Waals surface area (Å²) in [5, 5.41) is 13.9. The van der Waals surface area contributed by atoms with Crippen LogP contribution in [0.15, 0.2) is 51.9 Å². The molecule has 4 nitrogen and oxygen atoms in total. The van der Waals surface area contributed by atoms with Gasteiger partial charge in [-0.3, -0.25) is 10.3 Å². The van der Waals surface area contributed by atoms with Gasteiger partial charge in [0.1, 0.15) is 17.7 Å². The maximum atomic E-state index is 10.3. The number of aromatic hydroxyl groups is 1. The number of aliphatic imine (C=N–C) groups is 1. The van der Waals surface area contributed by atoms with Crippen molar-refractivity contribution >= 4 is 21.6 Å². The van der Waals surface area contributed by atoms with Crippen LogP contribution in [0.5, 0.6) is 11.5 Å². The zero-order valence-electron chi connectivity index (χ0n) is 15.4. The number of nitrogens with one attached hydrogen (secondary N) is 1. The number of ether oxygens (including phenoxy) is 1. The zero-order chi connectivity index (χ0) is 18.7. The molecule has 0 spiro atoms. The van der Waals surface area contributed by atoms with Crippen molar-refractivity contribution in [3.05, 3.63) is 58.1 Å². The van der Waals surface area contributed by atoms with Crippen LogP contribution >= 0.6 is 15.9 Å². The lowest BCUT2D eigenvalue weighted by Crippen LogP contribution is -2.41. The van der Waals surface area contributed by atoms with Crippen LogP contribution in [0.2, 0.25) is 0 Å². The van der Waals surface area contributed by atoms with Gasteiger partial charge in [0.2, 0.25) is 0 Å². The normalized spacial score (nSPS) is 20.1. The predicted octanol–water partition coefficient (Wildman–Crippen LogP) is 5.06. The lowest BCUT2D eigenvalue weighted by atomic mass is 9.93. The van der Waals surface area contributed by atoms with Crippen molar-refractivity contribution in [2.24, 2.45) is 10.9 Å². The van der Waals surface area contributed by atoms with Gasteiger partial charge < -0.3 is 9.84 Å². The lowest BCUT2D eigenvalue weighted by Gasteiger charge is -2.32. The van der Waals surface area contributed by atoms with E-state index in [4.69, 9.17) is 9.73 Å². The molecule has 0 saturated heterocycles. The van der Waals surface area contributed by atoms with Crippen LogP contribution in [-0.4, -0.2) is 23.6 Å². The van der Waals surface area contributed by atoms with Crippen LogP contribution in [0.4, 0.5) is 0 Å². The van der Waals surface area contributed by atoms with Crippen molar-refractivity contribution in [2.75, 3.05) is 6.61 Å². The fourth-order valence-corrected chi connectivity index (χ4v) is 3.54. The van der Waals surface area contributed by atoms with Gasteiger partial charge in [-0.15, -0.1) is 0 Å². The molecule has 0 fully saturated rings. The summed E-state index contributed by atoms with van der Waals surface area (Å²) in [4.78, 5) is 4.93. The fraction of sp³-hybridized carbons (Fsp3) is 0.381. The standard InChI is InChI=1S/C21H25BrN2O2/c1-4-26-16-8-5-14(6-9-16)18-12-19(24-21(23-18)13(2)3)17-11-15(22)7-10-20(17)25/h5-11,13,19,21,24-25H,4,12H2,1-3H3. The van der Waals surface area contributed by atoms with Crippen molar-refractivity contribution in [1.82, 2.24) is 5.32 Å². The van der Waals surface area contributed by atoms with Gasteiger partial charge in [0, 0.05) is 28.2 Å². The molecular formula is C21H25BrN2O2. The molecule has 0 aromatic heterocycles. The Hall–Kier alpha value is -1.85. The van der Waals surface area contributed by atoms with Gasteiger partial charge in [0.05, 0.1) is 6.61 Å². The van der Waals surface area contributed by atoms with Crippen molar-refractivity contribution in [3.8, 4) is 11.5 Å². The van der Waals surface area contributed by atoms with Gasteiger partial charge in [0.25, 0.3) is 0 Å². The van der Waals surface area contributed by atoms with E-state index in [1.807, 2.05) is 31.2 Å². The summed E-state index contributed by atoms with van der Waals surface area (Å²) in [6, 6.07) is 13.7. The number of rotatable bonds is 5. The van der Waals surface area contributed by atoms with Gasteiger partial charge in [0.15, 0.2) is 0 Å². The number of hydrogen-bond acceptors (Lipinski definition) is 4. The first kappa shape index (κ1) is 18.9. The highest BCUT2D eigenvalue weighted by Gasteiger charge is 2.28. The van der Waals surface area contributed by atoms with Crippen LogP contribution in [0.25, 0.3) is 0 Å².